The summed E-state index contributed by atoms with van der Waals surface area (Å²) in [5.41, 5.74) is 6.10. The average molecular weight is 280 g/mol. The zero-order chi connectivity index (χ0) is 14.4. The number of benzene rings is 1. The van der Waals surface area contributed by atoms with Crippen molar-refractivity contribution in [1.29, 1.82) is 0 Å². The first-order chi connectivity index (χ1) is 9.69. The number of hydrogen-bond donors (Lipinski definition) is 2. The van der Waals surface area contributed by atoms with Crippen molar-refractivity contribution in [3.63, 3.8) is 0 Å². The maximum atomic E-state index is 12.8. The van der Waals surface area contributed by atoms with Crippen LogP contribution in [0.1, 0.15) is 6.42 Å². The van der Waals surface area contributed by atoms with Gasteiger partial charge in [0.2, 0.25) is 0 Å². The molecule has 0 aliphatic carbocycles. The third-order valence-corrected chi connectivity index (χ3v) is 3.43. The summed E-state index contributed by atoms with van der Waals surface area (Å²) >= 11 is 0. The van der Waals surface area contributed by atoms with Gasteiger partial charge in [-0.2, -0.15) is 0 Å². The van der Waals surface area contributed by atoms with Gasteiger partial charge in [0.25, 0.3) is 0 Å². The van der Waals surface area contributed by atoms with Crippen molar-refractivity contribution in [3.05, 3.63) is 30.1 Å². The van der Waals surface area contributed by atoms with Gasteiger partial charge in [0.05, 0.1) is 0 Å². The molecule has 1 aromatic rings. The molecular formula is C14H21FN4O. The molecule has 0 aromatic heterocycles. The van der Waals surface area contributed by atoms with Crippen LogP contribution in [0, 0.1) is 5.82 Å². The first-order valence-corrected chi connectivity index (χ1v) is 6.93. The molecule has 1 fully saturated rings. The van der Waals surface area contributed by atoms with Crippen LogP contribution in [0.4, 0.5) is 14.9 Å². The van der Waals surface area contributed by atoms with Gasteiger partial charge in [-0.05, 0) is 43.8 Å². The summed E-state index contributed by atoms with van der Waals surface area (Å²) < 4.78 is 12.8. The number of rotatable bonds is 4. The van der Waals surface area contributed by atoms with E-state index in [1.54, 1.807) is 17.0 Å². The molecule has 0 bridgehead atoms. The smallest absolute Gasteiger partial charge is 0.321 e. The second-order valence-corrected chi connectivity index (χ2v) is 4.91. The summed E-state index contributed by atoms with van der Waals surface area (Å²) in [5.74, 6) is -0.309. The van der Waals surface area contributed by atoms with E-state index in [4.69, 9.17) is 5.73 Å². The minimum absolute atomic E-state index is 0.130. The molecule has 1 heterocycles. The Bertz CT molecular complexity index is 429. The molecule has 110 valence electrons. The van der Waals surface area contributed by atoms with Gasteiger partial charge in [-0.1, -0.05) is 0 Å². The largest absolute Gasteiger partial charge is 0.330 e. The number of carbonyl (C=O) groups is 1. The van der Waals surface area contributed by atoms with E-state index in [2.05, 4.69) is 10.2 Å². The van der Waals surface area contributed by atoms with Crippen LogP contribution >= 0.6 is 0 Å². The minimum atomic E-state index is -0.309. The molecule has 0 radical (unpaired) electrons. The zero-order valence-corrected chi connectivity index (χ0v) is 11.5. The Balaban J connectivity index is 1.78. The summed E-state index contributed by atoms with van der Waals surface area (Å²) in [7, 11) is 0. The predicted octanol–water partition coefficient (Wildman–Crippen LogP) is 1.32. The van der Waals surface area contributed by atoms with Crippen LogP contribution in [-0.4, -0.2) is 55.1 Å². The van der Waals surface area contributed by atoms with Gasteiger partial charge >= 0.3 is 6.03 Å². The van der Waals surface area contributed by atoms with Crippen LogP contribution in [0.5, 0.6) is 0 Å². The topological polar surface area (TPSA) is 61.6 Å². The van der Waals surface area contributed by atoms with E-state index in [0.29, 0.717) is 25.3 Å². The van der Waals surface area contributed by atoms with E-state index in [1.165, 1.54) is 12.1 Å². The highest BCUT2D eigenvalue weighted by molar-refractivity contribution is 5.89. The quantitative estimate of drug-likeness (QED) is 0.874. The Kier molecular flexibility index (Phi) is 5.31. The van der Waals surface area contributed by atoms with Crippen LogP contribution in [0.15, 0.2) is 24.3 Å². The molecule has 0 saturated carbocycles. The molecule has 2 rings (SSSR count). The van der Waals surface area contributed by atoms with Crippen molar-refractivity contribution in [2.75, 3.05) is 44.6 Å². The molecule has 1 aliphatic heterocycles. The molecule has 0 spiro atoms. The Morgan fingerprint density at radius 2 is 1.85 bits per heavy atom. The van der Waals surface area contributed by atoms with Gasteiger partial charge in [-0.15, -0.1) is 0 Å². The second-order valence-electron chi connectivity index (χ2n) is 4.91. The number of urea groups is 1. The van der Waals surface area contributed by atoms with Gasteiger partial charge in [-0.25, -0.2) is 9.18 Å². The highest BCUT2D eigenvalue weighted by atomic mass is 19.1. The Hall–Kier alpha value is -1.66. The Morgan fingerprint density at radius 3 is 2.45 bits per heavy atom. The van der Waals surface area contributed by atoms with E-state index in [1.807, 2.05) is 0 Å². The fourth-order valence-corrected chi connectivity index (χ4v) is 2.23. The molecule has 1 aromatic carbocycles. The Labute approximate surface area is 118 Å². The Morgan fingerprint density at radius 1 is 1.20 bits per heavy atom. The molecule has 20 heavy (non-hydrogen) atoms. The maximum Gasteiger partial charge on any atom is 0.321 e. The lowest BCUT2D eigenvalue weighted by Crippen LogP contribution is -2.50. The molecular weight excluding hydrogens is 259 g/mol. The molecule has 0 unspecified atom stereocenters. The van der Waals surface area contributed by atoms with Gasteiger partial charge in [0.15, 0.2) is 0 Å². The van der Waals surface area contributed by atoms with Crippen LogP contribution in [0.2, 0.25) is 0 Å². The molecule has 3 N–H and O–H groups in total. The van der Waals surface area contributed by atoms with Crippen molar-refractivity contribution >= 4 is 11.7 Å². The van der Waals surface area contributed by atoms with Crippen LogP contribution in [0.25, 0.3) is 0 Å². The number of nitrogens with one attached hydrogen (secondary N) is 1. The summed E-state index contributed by atoms with van der Waals surface area (Å²) in [4.78, 5) is 16.1. The van der Waals surface area contributed by atoms with Crippen molar-refractivity contribution in [1.82, 2.24) is 9.80 Å². The predicted molar refractivity (Wildman–Crippen MR) is 77.1 cm³/mol. The van der Waals surface area contributed by atoms with Gasteiger partial charge < -0.3 is 16.0 Å². The van der Waals surface area contributed by atoms with E-state index in [0.717, 1.165) is 26.1 Å². The van der Waals surface area contributed by atoms with E-state index in [9.17, 15) is 9.18 Å². The van der Waals surface area contributed by atoms with Gasteiger partial charge in [0.1, 0.15) is 5.82 Å². The van der Waals surface area contributed by atoms with Crippen LogP contribution < -0.4 is 11.1 Å². The third kappa shape index (κ3) is 4.18. The monoisotopic (exact) mass is 280 g/mol. The number of halogens is 1. The standard InChI is InChI=1S/C14H21FN4O/c15-12-2-4-13(5-3-12)17-14(20)19-10-8-18(9-11-19)7-1-6-16/h2-5H,1,6-11,16H2,(H,17,20). The fourth-order valence-electron chi connectivity index (χ4n) is 2.23. The highest BCUT2D eigenvalue weighted by Gasteiger charge is 2.20. The number of anilines is 1. The molecule has 1 saturated heterocycles. The lowest BCUT2D eigenvalue weighted by atomic mass is 10.3. The SMILES string of the molecule is NCCCN1CCN(C(=O)Nc2ccc(F)cc2)CC1. The zero-order valence-electron chi connectivity index (χ0n) is 11.5. The van der Waals surface area contributed by atoms with Gasteiger partial charge in [0, 0.05) is 31.9 Å². The molecule has 5 nitrogen and oxygen atoms in total. The lowest BCUT2D eigenvalue weighted by molar-refractivity contribution is 0.147. The van der Waals surface area contributed by atoms with Crippen molar-refractivity contribution < 1.29 is 9.18 Å². The summed E-state index contributed by atoms with van der Waals surface area (Å²) in [6.45, 7) is 4.85. The van der Waals surface area contributed by atoms with E-state index < -0.39 is 0 Å². The molecule has 0 atom stereocenters. The summed E-state index contributed by atoms with van der Waals surface area (Å²) in [6.07, 6.45) is 0.988. The average Bonchev–Trinajstić information content (AvgIpc) is 2.48. The number of nitrogens with two attached hydrogens (primary N) is 1. The van der Waals surface area contributed by atoms with Crippen LogP contribution in [-0.2, 0) is 0 Å². The number of piperazine rings is 1. The summed E-state index contributed by atoms with van der Waals surface area (Å²) in [6, 6.07) is 5.66. The number of hydrogen-bond acceptors (Lipinski definition) is 3. The third-order valence-electron chi connectivity index (χ3n) is 3.43. The minimum Gasteiger partial charge on any atom is -0.330 e. The summed E-state index contributed by atoms with van der Waals surface area (Å²) in [5, 5.41) is 2.78. The molecule has 2 amide bonds. The van der Waals surface area contributed by atoms with Crippen LogP contribution in [0.3, 0.4) is 0 Å². The number of amides is 2. The first kappa shape index (κ1) is 14.7. The number of carbonyl (C=O) groups excluding carboxylic acids is 1. The fraction of sp³-hybridized carbons (Fsp3) is 0.500. The molecule has 6 heteroatoms. The molecule has 1 aliphatic rings. The second kappa shape index (κ2) is 7.21. The highest BCUT2D eigenvalue weighted by Crippen LogP contribution is 2.10. The van der Waals surface area contributed by atoms with Crippen molar-refractivity contribution in [3.8, 4) is 0 Å². The lowest BCUT2D eigenvalue weighted by Gasteiger charge is -2.34. The normalized spacial score (nSPS) is 16.2. The van der Waals surface area contributed by atoms with E-state index in [-0.39, 0.29) is 11.8 Å². The van der Waals surface area contributed by atoms with Crippen molar-refractivity contribution in [2.24, 2.45) is 5.73 Å². The van der Waals surface area contributed by atoms with Crippen molar-refractivity contribution in [2.45, 2.75) is 6.42 Å². The van der Waals surface area contributed by atoms with E-state index >= 15 is 0 Å². The first-order valence-electron chi connectivity index (χ1n) is 6.93. The maximum absolute atomic E-state index is 12.8. The number of nitrogens with zero attached hydrogens (tertiary/aromatic N) is 2. The van der Waals surface area contributed by atoms with Gasteiger partial charge in [-0.3, -0.25) is 4.90 Å².